The molecule has 5 heteroatoms. The molecule has 1 fully saturated rings. The molecule has 1 aliphatic rings. The molecular weight excluding hydrogens is 222 g/mol. The number of carboxylic acid groups (broad SMARTS) is 1. The van der Waals surface area contributed by atoms with Gasteiger partial charge in [-0.25, -0.2) is 9.59 Å². The predicted molar refractivity (Wildman–Crippen MR) is 62.7 cm³/mol. The Morgan fingerprint density at radius 2 is 2.06 bits per heavy atom. The van der Waals surface area contributed by atoms with Gasteiger partial charge in [-0.2, -0.15) is 0 Å². The van der Waals surface area contributed by atoms with E-state index in [-0.39, 0.29) is 12.5 Å². The summed E-state index contributed by atoms with van der Waals surface area (Å²) in [6, 6.07) is -0.840. The molecule has 1 atom stereocenters. The lowest BCUT2D eigenvalue weighted by molar-refractivity contribution is -0.141. The van der Waals surface area contributed by atoms with Gasteiger partial charge in [-0.05, 0) is 18.8 Å². The van der Waals surface area contributed by atoms with Crippen molar-refractivity contribution in [1.82, 2.24) is 5.32 Å². The van der Waals surface area contributed by atoms with Crippen LogP contribution >= 0.6 is 0 Å². The van der Waals surface area contributed by atoms with Gasteiger partial charge in [0.25, 0.3) is 0 Å². The van der Waals surface area contributed by atoms with E-state index in [9.17, 15) is 9.59 Å². The molecule has 0 bridgehead atoms. The maximum Gasteiger partial charge on any atom is 0.408 e. The molecule has 0 aromatic heterocycles. The Morgan fingerprint density at radius 3 is 2.59 bits per heavy atom. The molecule has 5 nitrogen and oxygen atoms in total. The molecule has 0 aliphatic heterocycles. The smallest absolute Gasteiger partial charge is 0.408 e. The Balaban J connectivity index is 2.50. The topological polar surface area (TPSA) is 75.6 Å². The van der Waals surface area contributed by atoms with Crippen LogP contribution in [0.1, 0.15) is 32.1 Å². The SMILES string of the molecule is C=CCOC(=O)N[C@@H](C(=O)O)C1CCCCC1. The van der Waals surface area contributed by atoms with E-state index in [0.717, 1.165) is 32.1 Å². The molecule has 0 heterocycles. The van der Waals surface area contributed by atoms with Crippen LogP contribution in [0.15, 0.2) is 12.7 Å². The fourth-order valence-electron chi connectivity index (χ4n) is 2.15. The van der Waals surface area contributed by atoms with Gasteiger partial charge in [0.2, 0.25) is 0 Å². The molecule has 1 amide bonds. The summed E-state index contributed by atoms with van der Waals surface area (Å²) in [5, 5.41) is 11.5. The Kier molecular flexibility index (Phi) is 5.52. The molecule has 1 rings (SSSR count). The number of carbonyl (C=O) groups excluding carboxylic acids is 1. The van der Waals surface area contributed by atoms with Crippen molar-refractivity contribution >= 4 is 12.1 Å². The number of carbonyl (C=O) groups is 2. The normalized spacial score (nSPS) is 18.1. The summed E-state index contributed by atoms with van der Waals surface area (Å²) in [5.41, 5.74) is 0. The van der Waals surface area contributed by atoms with Crippen LogP contribution in [-0.2, 0) is 9.53 Å². The van der Waals surface area contributed by atoms with Crippen molar-refractivity contribution < 1.29 is 19.4 Å². The van der Waals surface area contributed by atoms with Crippen LogP contribution in [0, 0.1) is 5.92 Å². The van der Waals surface area contributed by atoms with Gasteiger partial charge in [-0.1, -0.05) is 31.9 Å². The van der Waals surface area contributed by atoms with Crippen molar-refractivity contribution in [2.75, 3.05) is 6.61 Å². The molecule has 0 saturated heterocycles. The van der Waals surface area contributed by atoms with Crippen LogP contribution < -0.4 is 5.32 Å². The van der Waals surface area contributed by atoms with Crippen molar-refractivity contribution in [1.29, 1.82) is 0 Å². The minimum atomic E-state index is -0.993. The highest BCUT2D eigenvalue weighted by atomic mass is 16.5. The van der Waals surface area contributed by atoms with Crippen molar-refractivity contribution in [3.63, 3.8) is 0 Å². The fraction of sp³-hybridized carbons (Fsp3) is 0.667. The van der Waals surface area contributed by atoms with Gasteiger partial charge >= 0.3 is 12.1 Å². The lowest BCUT2D eigenvalue weighted by Gasteiger charge is -2.27. The van der Waals surface area contributed by atoms with Gasteiger partial charge in [0.1, 0.15) is 12.6 Å². The molecule has 0 unspecified atom stereocenters. The number of nitrogens with one attached hydrogen (secondary N) is 1. The standard InChI is InChI=1S/C12H19NO4/c1-2-8-17-12(16)13-10(11(14)15)9-6-4-3-5-7-9/h2,9-10H,1,3-8H2,(H,13,16)(H,14,15)/t10-/m1/s1. The van der Waals surface area contributed by atoms with Crippen LogP contribution in [-0.4, -0.2) is 29.8 Å². The van der Waals surface area contributed by atoms with E-state index in [1.807, 2.05) is 0 Å². The van der Waals surface area contributed by atoms with Crippen molar-refractivity contribution in [2.24, 2.45) is 5.92 Å². The second-order valence-electron chi connectivity index (χ2n) is 4.25. The summed E-state index contributed by atoms with van der Waals surface area (Å²) in [4.78, 5) is 22.4. The van der Waals surface area contributed by atoms with Crippen molar-refractivity contribution in [2.45, 2.75) is 38.1 Å². The molecule has 0 radical (unpaired) electrons. The first-order chi connectivity index (χ1) is 8.15. The average Bonchev–Trinajstić information content (AvgIpc) is 2.34. The minimum absolute atomic E-state index is 0.0116. The van der Waals surface area contributed by atoms with Gasteiger partial charge in [0, 0.05) is 0 Å². The highest BCUT2D eigenvalue weighted by Gasteiger charge is 2.30. The van der Waals surface area contributed by atoms with E-state index in [2.05, 4.69) is 11.9 Å². The van der Waals surface area contributed by atoms with Crippen LogP contribution in [0.25, 0.3) is 0 Å². The predicted octanol–water partition coefficient (Wildman–Crippen LogP) is 1.93. The Morgan fingerprint density at radius 1 is 1.41 bits per heavy atom. The van der Waals surface area contributed by atoms with E-state index in [4.69, 9.17) is 9.84 Å². The van der Waals surface area contributed by atoms with E-state index in [1.165, 1.54) is 6.08 Å². The maximum absolute atomic E-state index is 11.3. The summed E-state index contributed by atoms with van der Waals surface area (Å²) < 4.78 is 4.73. The fourth-order valence-corrected chi connectivity index (χ4v) is 2.15. The van der Waals surface area contributed by atoms with Crippen LogP contribution in [0.4, 0.5) is 4.79 Å². The van der Waals surface area contributed by atoms with Crippen LogP contribution in [0.3, 0.4) is 0 Å². The number of aliphatic carboxylic acids is 1. The van der Waals surface area contributed by atoms with Gasteiger partial charge in [0.05, 0.1) is 0 Å². The third-order valence-corrected chi connectivity index (χ3v) is 2.99. The summed E-state index contributed by atoms with van der Waals surface area (Å²) in [7, 11) is 0. The Hall–Kier alpha value is -1.52. The Bertz CT molecular complexity index is 284. The zero-order valence-corrected chi connectivity index (χ0v) is 9.85. The van der Waals surface area contributed by atoms with Gasteiger partial charge < -0.3 is 15.2 Å². The molecule has 17 heavy (non-hydrogen) atoms. The van der Waals surface area contributed by atoms with E-state index < -0.39 is 18.1 Å². The van der Waals surface area contributed by atoms with E-state index >= 15 is 0 Å². The molecule has 0 spiro atoms. The molecule has 96 valence electrons. The summed E-state index contributed by atoms with van der Waals surface area (Å²) >= 11 is 0. The molecule has 2 N–H and O–H groups in total. The van der Waals surface area contributed by atoms with Crippen molar-refractivity contribution in [3.05, 3.63) is 12.7 Å². The number of alkyl carbamates (subject to hydrolysis) is 1. The quantitative estimate of drug-likeness (QED) is 0.721. The van der Waals surface area contributed by atoms with Gasteiger partial charge in [-0.15, -0.1) is 0 Å². The number of carboxylic acids is 1. The van der Waals surface area contributed by atoms with E-state index in [0.29, 0.717) is 0 Å². The number of hydrogen-bond acceptors (Lipinski definition) is 3. The number of hydrogen-bond donors (Lipinski definition) is 2. The van der Waals surface area contributed by atoms with Crippen LogP contribution in [0.5, 0.6) is 0 Å². The summed E-state index contributed by atoms with van der Waals surface area (Å²) in [5.74, 6) is -0.981. The Labute approximate surface area is 101 Å². The molecule has 1 aliphatic carbocycles. The first-order valence-electron chi connectivity index (χ1n) is 5.92. The molecule has 0 aromatic carbocycles. The third-order valence-electron chi connectivity index (χ3n) is 2.99. The zero-order valence-electron chi connectivity index (χ0n) is 9.85. The first-order valence-corrected chi connectivity index (χ1v) is 5.92. The van der Waals surface area contributed by atoms with Crippen molar-refractivity contribution in [3.8, 4) is 0 Å². The van der Waals surface area contributed by atoms with Gasteiger partial charge in [0.15, 0.2) is 0 Å². The molecule has 0 aromatic rings. The first kappa shape index (κ1) is 13.5. The minimum Gasteiger partial charge on any atom is -0.480 e. The second kappa shape index (κ2) is 6.93. The second-order valence-corrected chi connectivity index (χ2v) is 4.25. The summed E-state index contributed by atoms with van der Waals surface area (Å²) in [6.07, 6.45) is 5.63. The van der Waals surface area contributed by atoms with E-state index in [1.54, 1.807) is 0 Å². The summed E-state index contributed by atoms with van der Waals surface area (Å²) in [6.45, 7) is 3.50. The van der Waals surface area contributed by atoms with Gasteiger partial charge in [-0.3, -0.25) is 0 Å². The number of ether oxygens (including phenoxy) is 1. The molecular formula is C12H19NO4. The highest BCUT2D eigenvalue weighted by molar-refractivity contribution is 5.80. The number of rotatable bonds is 5. The lowest BCUT2D eigenvalue weighted by Crippen LogP contribution is -2.46. The average molecular weight is 241 g/mol. The maximum atomic E-state index is 11.3. The molecule has 1 saturated carbocycles. The lowest BCUT2D eigenvalue weighted by atomic mass is 9.84. The largest absolute Gasteiger partial charge is 0.480 e. The zero-order chi connectivity index (χ0) is 12.7. The monoisotopic (exact) mass is 241 g/mol. The highest BCUT2D eigenvalue weighted by Crippen LogP contribution is 2.26. The number of amides is 1. The third kappa shape index (κ3) is 4.46. The van der Waals surface area contributed by atoms with Crippen LogP contribution in [0.2, 0.25) is 0 Å².